The molecule has 0 fully saturated rings. The fourth-order valence-electron chi connectivity index (χ4n) is 2.25. The normalized spacial score (nSPS) is 14.4. The molecular weight excluding hydrogens is 283 g/mol. The van der Waals surface area contributed by atoms with Crippen LogP contribution in [-0.4, -0.2) is 17.4 Å². The highest BCUT2D eigenvalue weighted by atomic mass is 35.5. The van der Waals surface area contributed by atoms with Crippen LogP contribution in [0.2, 0.25) is 10.0 Å². The van der Waals surface area contributed by atoms with Gasteiger partial charge in [0, 0.05) is 23.3 Å². The number of nitrogens with zero attached hydrogens (tertiary/aromatic N) is 2. The number of carbonyl (C=O) groups is 1. The van der Waals surface area contributed by atoms with Crippen LogP contribution < -0.4 is 4.90 Å². The lowest BCUT2D eigenvalue weighted by Gasteiger charge is -2.28. The number of aromatic nitrogens is 1. The Morgan fingerprint density at radius 2 is 1.95 bits per heavy atom. The maximum absolute atomic E-state index is 12.5. The van der Waals surface area contributed by atoms with Gasteiger partial charge in [-0.15, -0.1) is 0 Å². The summed E-state index contributed by atoms with van der Waals surface area (Å²) in [6.45, 7) is 0.605. The van der Waals surface area contributed by atoms with Gasteiger partial charge in [-0.3, -0.25) is 9.78 Å². The first-order valence-corrected chi connectivity index (χ1v) is 6.61. The van der Waals surface area contributed by atoms with Gasteiger partial charge in [0.05, 0.1) is 16.9 Å². The number of benzene rings is 1. The van der Waals surface area contributed by atoms with E-state index in [4.69, 9.17) is 23.2 Å². The number of hydrogen-bond donors (Lipinski definition) is 0. The molecule has 2 heterocycles. The van der Waals surface area contributed by atoms with Crippen molar-refractivity contribution in [3.05, 3.63) is 57.8 Å². The molecular formula is C14H10Cl2N2O. The molecule has 0 N–H and O–H groups in total. The van der Waals surface area contributed by atoms with Crippen LogP contribution in [0.4, 0.5) is 5.69 Å². The second kappa shape index (κ2) is 4.83. The molecule has 0 aliphatic carbocycles. The summed E-state index contributed by atoms with van der Waals surface area (Å²) in [6, 6.07) is 7.10. The third-order valence-corrected chi connectivity index (χ3v) is 3.59. The monoisotopic (exact) mass is 292 g/mol. The number of carbonyl (C=O) groups excluding carboxylic acids is 1. The quantitative estimate of drug-likeness (QED) is 0.805. The summed E-state index contributed by atoms with van der Waals surface area (Å²) in [6.07, 6.45) is 3.96. The van der Waals surface area contributed by atoms with Crippen molar-refractivity contribution in [3.63, 3.8) is 0 Å². The Hall–Kier alpha value is -1.58. The van der Waals surface area contributed by atoms with Crippen LogP contribution in [0.1, 0.15) is 15.9 Å². The number of pyridine rings is 1. The van der Waals surface area contributed by atoms with Crippen molar-refractivity contribution in [1.29, 1.82) is 0 Å². The van der Waals surface area contributed by atoms with E-state index in [1.807, 2.05) is 6.07 Å². The molecule has 19 heavy (non-hydrogen) atoms. The van der Waals surface area contributed by atoms with E-state index in [1.54, 1.807) is 35.5 Å². The van der Waals surface area contributed by atoms with Crippen LogP contribution in [-0.2, 0) is 6.42 Å². The molecule has 3 nitrogen and oxygen atoms in total. The standard InChI is InChI=1S/C14H10Cl2N2O/c15-10-1-2-13-9(5-10)3-4-18(14(13)19)12-6-11(16)7-17-8-12/h1-2,5-8H,3-4H2. The minimum atomic E-state index is -0.0398. The number of fused-ring (bicyclic) bond motifs is 1. The Morgan fingerprint density at radius 1 is 1.11 bits per heavy atom. The summed E-state index contributed by atoms with van der Waals surface area (Å²) in [7, 11) is 0. The Labute approximate surface area is 120 Å². The summed E-state index contributed by atoms with van der Waals surface area (Å²) in [4.78, 5) is 18.2. The zero-order chi connectivity index (χ0) is 13.4. The molecule has 1 amide bonds. The first-order valence-electron chi connectivity index (χ1n) is 5.86. The predicted octanol–water partition coefficient (Wildman–Crippen LogP) is 3.59. The largest absolute Gasteiger partial charge is 0.306 e. The van der Waals surface area contributed by atoms with Gasteiger partial charge in [-0.05, 0) is 36.2 Å². The van der Waals surface area contributed by atoms with Gasteiger partial charge in [0.25, 0.3) is 5.91 Å². The molecule has 0 bridgehead atoms. The number of hydrogen-bond acceptors (Lipinski definition) is 2. The predicted molar refractivity (Wildman–Crippen MR) is 76.1 cm³/mol. The Balaban J connectivity index is 2.00. The first kappa shape index (κ1) is 12.5. The fourth-order valence-corrected chi connectivity index (χ4v) is 2.61. The smallest absolute Gasteiger partial charge is 0.258 e. The maximum atomic E-state index is 12.5. The van der Waals surface area contributed by atoms with E-state index in [-0.39, 0.29) is 5.91 Å². The van der Waals surface area contributed by atoms with Crippen LogP contribution >= 0.6 is 23.2 Å². The van der Waals surface area contributed by atoms with Crippen molar-refractivity contribution in [2.24, 2.45) is 0 Å². The third kappa shape index (κ3) is 2.31. The van der Waals surface area contributed by atoms with Crippen molar-refractivity contribution in [2.45, 2.75) is 6.42 Å². The van der Waals surface area contributed by atoms with Gasteiger partial charge in [0.2, 0.25) is 0 Å². The molecule has 2 aromatic rings. The van der Waals surface area contributed by atoms with Gasteiger partial charge in [-0.2, -0.15) is 0 Å². The molecule has 5 heteroatoms. The molecule has 0 radical (unpaired) electrons. The SMILES string of the molecule is O=C1c2ccc(Cl)cc2CCN1c1cncc(Cl)c1. The second-order valence-corrected chi connectivity index (χ2v) is 5.24. The highest BCUT2D eigenvalue weighted by Gasteiger charge is 2.25. The van der Waals surface area contributed by atoms with Gasteiger partial charge in [-0.25, -0.2) is 0 Å². The number of anilines is 1. The van der Waals surface area contributed by atoms with Gasteiger partial charge >= 0.3 is 0 Å². The summed E-state index contributed by atoms with van der Waals surface area (Å²) < 4.78 is 0. The molecule has 0 saturated carbocycles. The van der Waals surface area contributed by atoms with E-state index in [2.05, 4.69) is 4.98 Å². The summed E-state index contributed by atoms with van der Waals surface area (Å²) in [5.74, 6) is -0.0398. The first-order chi connectivity index (χ1) is 9.15. The van der Waals surface area contributed by atoms with Crippen LogP contribution in [0.25, 0.3) is 0 Å². The van der Waals surface area contributed by atoms with E-state index >= 15 is 0 Å². The Morgan fingerprint density at radius 3 is 2.74 bits per heavy atom. The topological polar surface area (TPSA) is 33.2 Å². The minimum Gasteiger partial charge on any atom is -0.306 e. The van der Waals surface area contributed by atoms with Crippen molar-refractivity contribution >= 4 is 34.8 Å². The lowest BCUT2D eigenvalue weighted by atomic mass is 9.99. The van der Waals surface area contributed by atoms with Crippen LogP contribution in [0.3, 0.4) is 0 Å². The minimum absolute atomic E-state index is 0.0398. The average Bonchev–Trinajstić information content (AvgIpc) is 2.39. The number of amides is 1. The van der Waals surface area contributed by atoms with E-state index in [1.165, 1.54) is 0 Å². The zero-order valence-electron chi connectivity index (χ0n) is 9.94. The average molecular weight is 293 g/mol. The molecule has 0 spiro atoms. The Bertz CT molecular complexity index is 658. The van der Waals surface area contributed by atoms with Crippen molar-refractivity contribution < 1.29 is 4.79 Å². The van der Waals surface area contributed by atoms with Gasteiger partial charge in [0.15, 0.2) is 0 Å². The van der Waals surface area contributed by atoms with E-state index in [0.717, 1.165) is 17.7 Å². The summed E-state index contributed by atoms with van der Waals surface area (Å²) >= 11 is 11.9. The highest BCUT2D eigenvalue weighted by molar-refractivity contribution is 6.31. The molecule has 1 aromatic heterocycles. The third-order valence-electron chi connectivity index (χ3n) is 3.15. The number of halogens is 2. The number of rotatable bonds is 1. The lowest BCUT2D eigenvalue weighted by molar-refractivity contribution is 0.0980. The van der Waals surface area contributed by atoms with Crippen molar-refractivity contribution in [2.75, 3.05) is 11.4 Å². The fraction of sp³-hybridized carbons (Fsp3) is 0.143. The molecule has 0 saturated heterocycles. The molecule has 3 rings (SSSR count). The van der Waals surface area contributed by atoms with Crippen LogP contribution in [0.5, 0.6) is 0 Å². The van der Waals surface area contributed by atoms with Gasteiger partial charge < -0.3 is 4.90 Å². The molecule has 1 aliphatic heterocycles. The lowest BCUT2D eigenvalue weighted by Crippen LogP contribution is -2.37. The van der Waals surface area contributed by atoms with E-state index in [0.29, 0.717) is 22.2 Å². The van der Waals surface area contributed by atoms with E-state index in [9.17, 15) is 4.79 Å². The van der Waals surface area contributed by atoms with Crippen molar-refractivity contribution in [1.82, 2.24) is 4.98 Å². The van der Waals surface area contributed by atoms with Gasteiger partial charge in [-0.1, -0.05) is 23.2 Å². The van der Waals surface area contributed by atoms with Crippen LogP contribution in [0.15, 0.2) is 36.7 Å². The van der Waals surface area contributed by atoms with Gasteiger partial charge in [0.1, 0.15) is 0 Å². The molecule has 0 unspecified atom stereocenters. The molecule has 1 aromatic carbocycles. The molecule has 0 atom stereocenters. The molecule has 96 valence electrons. The Kier molecular flexibility index (Phi) is 3.17. The zero-order valence-corrected chi connectivity index (χ0v) is 11.4. The maximum Gasteiger partial charge on any atom is 0.258 e. The van der Waals surface area contributed by atoms with Crippen LogP contribution in [0, 0.1) is 0 Å². The van der Waals surface area contributed by atoms with E-state index < -0.39 is 0 Å². The molecule has 1 aliphatic rings. The summed E-state index contributed by atoms with van der Waals surface area (Å²) in [5.41, 5.74) is 2.40. The summed E-state index contributed by atoms with van der Waals surface area (Å²) in [5, 5.41) is 1.18. The van der Waals surface area contributed by atoms with Crippen molar-refractivity contribution in [3.8, 4) is 0 Å². The second-order valence-electron chi connectivity index (χ2n) is 4.37. The highest BCUT2D eigenvalue weighted by Crippen LogP contribution is 2.27.